The van der Waals surface area contributed by atoms with Crippen LogP contribution in [0.1, 0.15) is 40.0 Å². The summed E-state index contributed by atoms with van der Waals surface area (Å²) in [6.07, 6.45) is 6.96. The first-order chi connectivity index (χ1) is 16.3. The Kier molecular flexibility index (Phi) is 7.19. The molecule has 1 saturated carbocycles. The Morgan fingerprint density at radius 3 is 2.79 bits per heavy atom. The van der Waals surface area contributed by atoms with Crippen molar-refractivity contribution in [2.45, 2.75) is 25.4 Å². The van der Waals surface area contributed by atoms with Gasteiger partial charge < -0.3 is 5.11 Å². The topological polar surface area (TPSA) is 137 Å². The summed E-state index contributed by atoms with van der Waals surface area (Å²) in [6, 6.07) is 14.2. The van der Waals surface area contributed by atoms with Crippen molar-refractivity contribution in [2.75, 3.05) is 6.61 Å². The highest BCUT2D eigenvalue weighted by Gasteiger charge is 2.34. The lowest BCUT2D eigenvalue weighted by atomic mass is 9.95. The van der Waals surface area contributed by atoms with E-state index in [1.54, 1.807) is 23.0 Å². The Hall–Kier alpha value is -3.36. The van der Waals surface area contributed by atoms with E-state index in [1.165, 1.54) is 12.5 Å². The van der Waals surface area contributed by atoms with Gasteiger partial charge in [0.25, 0.3) is 0 Å². The van der Waals surface area contributed by atoms with E-state index in [0.29, 0.717) is 36.1 Å². The first kappa shape index (κ1) is 23.8. The van der Waals surface area contributed by atoms with Gasteiger partial charge in [-0.2, -0.15) is 8.42 Å². The fraction of sp³-hybridized carbons (Fsp3) is 0.292. The lowest BCUT2D eigenvalue weighted by molar-refractivity contribution is 0.100. The van der Waals surface area contributed by atoms with Crippen LogP contribution in [0.25, 0.3) is 0 Å². The van der Waals surface area contributed by atoms with Crippen molar-refractivity contribution >= 4 is 16.1 Å². The Bertz CT molecular complexity index is 1330. The molecular weight excluding hydrogens is 456 g/mol. The third-order valence-corrected chi connectivity index (χ3v) is 6.25. The van der Waals surface area contributed by atoms with Crippen molar-refractivity contribution in [3.8, 4) is 12.0 Å². The monoisotopic (exact) mass is 480 g/mol. The highest BCUT2D eigenvalue weighted by Crippen LogP contribution is 2.34. The summed E-state index contributed by atoms with van der Waals surface area (Å²) in [5.41, 5.74) is 2.29. The van der Waals surface area contributed by atoms with Gasteiger partial charge in [-0.3, -0.25) is 13.5 Å². The van der Waals surface area contributed by atoms with Gasteiger partial charge in [0.1, 0.15) is 6.33 Å². The summed E-state index contributed by atoms with van der Waals surface area (Å²) >= 11 is 0. The predicted molar refractivity (Wildman–Crippen MR) is 124 cm³/mol. The summed E-state index contributed by atoms with van der Waals surface area (Å²) in [7, 11) is -4.07. The molecule has 34 heavy (non-hydrogen) atoms. The minimum absolute atomic E-state index is 0.00636. The number of aromatic nitrogens is 3. The van der Waals surface area contributed by atoms with Crippen LogP contribution < -0.4 is 5.14 Å². The molecule has 0 saturated heterocycles. The molecule has 3 aromatic rings. The van der Waals surface area contributed by atoms with E-state index in [2.05, 4.69) is 26.1 Å². The fourth-order valence-electron chi connectivity index (χ4n) is 4.13. The van der Waals surface area contributed by atoms with Gasteiger partial charge in [-0.25, -0.2) is 15.1 Å². The van der Waals surface area contributed by atoms with Gasteiger partial charge in [-0.05, 0) is 49.3 Å². The molecule has 0 radical (unpaired) electrons. The molecule has 0 unspecified atom stereocenters. The molecule has 1 aromatic carbocycles. The number of ketones is 1. The summed E-state index contributed by atoms with van der Waals surface area (Å²) in [6.45, 7) is -0.177. The molecule has 176 valence electrons. The normalized spacial score (nSPS) is 20.0. The number of rotatable bonds is 7. The van der Waals surface area contributed by atoms with Gasteiger partial charge in [-0.15, -0.1) is 0 Å². The zero-order chi connectivity index (χ0) is 24.1. The van der Waals surface area contributed by atoms with E-state index in [0.717, 1.165) is 5.56 Å². The number of hydrogen-bond donors (Lipinski definition) is 2. The Labute approximate surface area is 197 Å². The number of carbonyl (C=O) groups excluding carboxylic acids is 1. The third-order valence-electron chi connectivity index (χ3n) is 5.78. The molecule has 0 aliphatic heterocycles. The molecule has 0 spiro atoms. The Balaban J connectivity index is 1.45. The minimum atomic E-state index is -4.07. The summed E-state index contributed by atoms with van der Waals surface area (Å²) in [5, 5.41) is 15.2. The zero-order valence-corrected chi connectivity index (χ0v) is 19.1. The second-order valence-electron chi connectivity index (χ2n) is 8.27. The van der Waals surface area contributed by atoms with Crippen LogP contribution in [0, 0.1) is 23.8 Å². The average molecular weight is 481 g/mol. The maximum Gasteiger partial charge on any atom is 0.333 e. The van der Waals surface area contributed by atoms with E-state index in [9.17, 15) is 18.3 Å². The van der Waals surface area contributed by atoms with Gasteiger partial charge in [0.05, 0.1) is 24.0 Å². The number of nitrogens with two attached hydrogens (primary N) is 1. The molecular formula is C24H24N4O5S. The van der Waals surface area contributed by atoms with Crippen molar-refractivity contribution in [3.63, 3.8) is 0 Å². The molecule has 3 atom stereocenters. The van der Waals surface area contributed by atoms with Crippen molar-refractivity contribution in [1.29, 1.82) is 0 Å². The van der Waals surface area contributed by atoms with Crippen LogP contribution in [0.15, 0.2) is 61.3 Å². The summed E-state index contributed by atoms with van der Waals surface area (Å²) in [5.74, 6) is 2.47. The van der Waals surface area contributed by atoms with Crippen molar-refractivity contribution in [3.05, 3.63) is 83.7 Å². The smallest absolute Gasteiger partial charge is 0.333 e. The van der Waals surface area contributed by atoms with E-state index in [1.807, 2.05) is 30.3 Å². The van der Waals surface area contributed by atoms with Crippen molar-refractivity contribution < 1.29 is 22.5 Å². The van der Waals surface area contributed by atoms with E-state index >= 15 is 0 Å². The third kappa shape index (κ3) is 6.15. The van der Waals surface area contributed by atoms with Crippen LogP contribution in [0.4, 0.5) is 0 Å². The summed E-state index contributed by atoms with van der Waals surface area (Å²) < 4.78 is 28.4. The van der Waals surface area contributed by atoms with E-state index in [4.69, 9.17) is 5.14 Å². The summed E-state index contributed by atoms with van der Waals surface area (Å²) in [4.78, 5) is 21.5. The number of aliphatic hydroxyl groups excluding tert-OH is 1. The van der Waals surface area contributed by atoms with Gasteiger partial charge in [0, 0.05) is 41.7 Å². The lowest BCUT2D eigenvalue weighted by Crippen LogP contribution is -2.24. The zero-order valence-electron chi connectivity index (χ0n) is 18.2. The molecule has 10 heteroatoms. The van der Waals surface area contributed by atoms with Crippen molar-refractivity contribution in [2.24, 2.45) is 17.0 Å². The Morgan fingerprint density at radius 1 is 1.24 bits per heavy atom. The van der Waals surface area contributed by atoms with Crippen LogP contribution in [0.5, 0.6) is 0 Å². The van der Waals surface area contributed by atoms with E-state index < -0.39 is 16.4 Å². The molecule has 0 amide bonds. The number of aliphatic hydroxyl groups is 1. The first-order valence-electron chi connectivity index (χ1n) is 10.7. The first-order valence-corrected chi connectivity index (χ1v) is 12.2. The quantitative estimate of drug-likeness (QED) is 0.386. The predicted octanol–water partition coefficient (Wildman–Crippen LogP) is 1.52. The van der Waals surface area contributed by atoms with Gasteiger partial charge in [-0.1, -0.05) is 18.2 Å². The van der Waals surface area contributed by atoms with Gasteiger partial charge in [0.2, 0.25) is 0 Å². The van der Waals surface area contributed by atoms with Crippen LogP contribution in [-0.2, 0) is 20.9 Å². The highest BCUT2D eigenvalue weighted by molar-refractivity contribution is 7.84. The second-order valence-corrected chi connectivity index (χ2v) is 9.49. The number of hydrogen-bond acceptors (Lipinski definition) is 7. The molecule has 4 rings (SSSR count). The molecule has 2 aromatic heterocycles. The van der Waals surface area contributed by atoms with Gasteiger partial charge >= 0.3 is 10.3 Å². The van der Waals surface area contributed by atoms with Crippen LogP contribution in [0.2, 0.25) is 0 Å². The standard InChI is InChI=1S/C24H24N4O5S/c25-34(31,32)33-15-20-10-18(12-23(20)29)11-22-21(13-26-16-27-22)24(30)19-7-9-28(14-19)8-6-17-4-2-1-3-5-17/h1-5,7,9,13-14,16,18,20,23,29H,10-12,15H2,(H2,25,31,32)/t18-,20+,23-/m0/s1. The second kappa shape index (κ2) is 10.3. The molecule has 1 aliphatic rings. The molecule has 9 nitrogen and oxygen atoms in total. The molecule has 0 bridgehead atoms. The maximum atomic E-state index is 13.2. The number of carbonyl (C=O) groups is 1. The highest BCUT2D eigenvalue weighted by atomic mass is 32.2. The molecule has 1 fully saturated rings. The van der Waals surface area contributed by atoms with Gasteiger partial charge in [0.15, 0.2) is 5.78 Å². The van der Waals surface area contributed by atoms with Crippen LogP contribution >= 0.6 is 0 Å². The maximum absolute atomic E-state index is 13.2. The van der Waals surface area contributed by atoms with Crippen molar-refractivity contribution in [1.82, 2.24) is 14.5 Å². The molecule has 1 aliphatic carbocycles. The molecule has 2 heterocycles. The SMILES string of the molecule is NS(=O)(=O)OC[C@H]1C[C@@H](Cc2ncncc2C(=O)c2ccn(C#Cc3ccccc3)c2)C[C@@H]1O. The molecule has 3 N–H and O–H groups in total. The van der Waals surface area contributed by atoms with E-state index in [-0.39, 0.29) is 24.2 Å². The number of nitrogens with zero attached hydrogens (tertiary/aromatic N) is 3. The number of benzene rings is 1. The fourth-order valence-corrected chi connectivity index (χ4v) is 4.50. The average Bonchev–Trinajstić information content (AvgIpc) is 3.43. The lowest BCUT2D eigenvalue weighted by Gasteiger charge is -2.13. The Morgan fingerprint density at radius 2 is 2.03 bits per heavy atom. The minimum Gasteiger partial charge on any atom is -0.393 e. The van der Waals surface area contributed by atoms with Crippen LogP contribution in [0.3, 0.4) is 0 Å². The van der Waals surface area contributed by atoms with Crippen LogP contribution in [-0.4, -0.2) is 46.6 Å². The largest absolute Gasteiger partial charge is 0.393 e.